The van der Waals surface area contributed by atoms with Gasteiger partial charge >= 0.3 is 0 Å². The molecular formula is C15H20N2O. The molecular weight excluding hydrogens is 224 g/mol. The Morgan fingerprint density at radius 3 is 2.50 bits per heavy atom. The second kappa shape index (κ2) is 4.72. The van der Waals surface area contributed by atoms with E-state index in [1.807, 2.05) is 30.3 Å². The minimum Gasteiger partial charge on any atom is -0.389 e. The zero-order valence-electron chi connectivity index (χ0n) is 11.0. The fourth-order valence-electron chi connectivity index (χ4n) is 2.47. The van der Waals surface area contributed by atoms with Crippen LogP contribution in [-0.4, -0.2) is 23.3 Å². The molecule has 1 saturated carbocycles. The molecule has 0 bridgehead atoms. The third-order valence-electron chi connectivity index (χ3n) is 3.55. The monoisotopic (exact) mass is 244 g/mol. The summed E-state index contributed by atoms with van der Waals surface area (Å²) in [5, 5.41) is 22.4. The van der Waals surface area contributed by atoms with E-state index in [9.17, 15) is 10.4 Å². The lowest BCUT2D eigenvalue weighted by Gasteiger charge is -2.44. The van der Waals surface area contributed by atoms with Crippen LogP contribution < -0.4 is 5.32 Å². The van der Waals surface area contributed by atoms with Crippen molar-refractivity contribution in [2.75, 3.05) is 6.54 Å². The lowest BCUT2D eigenvalue weighted by molar-refractivity contribution is 0.0675. The van der Waals surface area contributed by atoms with Gasteiger partial charge in [-0.2, -0.15) is 5.26 Å². The van der Waals surface area contributed by atoms with E-state index in [2.05, 4.69) is 11.4 Å². The van der Waals surface area contributed by atoms with Crippen LogP contribution in [0.25, 0.3) is 0 Å². The highest BCUT2D eigenvalue weighted by Gasteiger charge is 2.46. The molecule has 1 fully saturated rings. The van der Waals surface area contributed by atoms with Crippen molar-refractivity contribution in [3.8, 4) is 6.07 Å². The lowest BCUT2D eigenvalue weighted by Crippen LogP contribution is -2.53. The van der Waals surface area contributed by atoms with Crippen LogP contribution in [0.5, 0.6) is 0 Å². The molecule has 0 radical (unpaired) electrons. The summed E-state index contributed by atoms with van der Waals surface area (Å²) in [4.78, 5) is 0. The lowest BCUT2D eigenvalue weighted by atomic mass is 9.62. The highest BCUT2D eigenvalue weighted by atomic mass is 16.3. The number of nitrogens with zero attached hydrogens (tertiary/aromatic N) is 1. The number of benzene rings is 1. The van der Waals surface area contributed by atoms with Crippen molar-refractivity contribution in [2.24, 2.45) is 0 Å². The summed E-state index contributed by atoms with van der Waals surface area (Å²) in [6, 6.07) is 12.8. The first-order valence-corrected chi connectivity index (χ1v) is 6.38. The van der Waals surface area contributed by atoms with Crippen molar-refractivity contribution in [3.05, 3.63) is 35.9 Å². The minimum absolute atomic E-state index is 0.330. The molecule has 1 aromatic carbocycles. The predicted octanol–water partition coefficient (Wildman–Crippen LogP) is 1.97. The van der Waals surface area contributed by atoms with Gasteiger partial charge in [0.15, 0.2) is 0 Å². The van der Waals surface area contributed by atoms with Gasteiger partial charge in [-0.15, -0.1) is 0 Å². The van der Waals surface area contributed by atoms with E-state index in [-0.39, 0.29) is 5.41 Å². The molecule has 1 aromatic rings. The third kappa shape index (κ3) is 2.72. The number of aliphatic hydroxyl groups is 1. The van der Waals surface area contributed by atoms with Gasteiger partial charge in [-0.1, -0.05) is 30.3 Å². The molecule has 0 atom stereocenters. The molecule has 96 valence electrons. The van der Waals surface area contributed by atoms with Gasteiger partial charge in [-0.05, 0) is 32.3 Å². The Morgan fingerprint density at radius 1 is 1.39 bits per heavy atom. The molecule has 0 heterocycles. The molecule has 1 aliphatic rings. The maximum absolute atomic E-state index is 9.66. The predicted molar refractivity (Wildman–Crippen MR) is 71.1 cm³/mol. The van der Waals surface area contributed by atoms with Crippen molar-refractivity contribution in [1.82, 2.24) is 5.32 Å². The summed E-state index contributed by atoms with van der Waals surface area (Å²) in [6.07, 6.45) is 1.65. The van der Waals surface area contributed by atoms with Gasteiger partial charge in [0.25, 0.3) is 0 Å². The first kappa shape index (κ1) is 13.1. The maximum atomic E-state index is 9.66. The Labute approximate surface area is 108 Å². The Hall–Kier alpha value is -1.37. The van der Waals surface area contributed by atoms with Gasteiger partial charge in [0, 0.05) is 12.6 Å². The van der Waals surface area contributed by atoms with E-state index in [1.54, 1.807) is 13.8 Å². The molecule has 0 amide bonds. The van der Waals surface area contributed by atoms with Crippen LogP contribution in [0, 0.1) is 11.3 Å². The average molecular weight is 244 g/mol. The highest BCUT2D eigenvalue weighted by molar-refractivity contribution is 5.36. The highest BCUT2D eigenvalue weighted by Crippen LogP contribution is 2.43. The quantitative estimate of drug-likeness (QED) is 0.851. The Balaban J connectivity index is 1.95. The van der Waals surface area contributed by atoms with Gasteiger partial charge < -0.3 is 10.4 Å². The van der Waals surface area contributed by atoms with Crippen LogP contribution >= 0.6 is 0 Å². The first-order valence-electron chi connectivity index (χ1n) is 6.38. The van der Waals surface area contributed by atoms with Crippen molar-refractivity contribution in [3.63, 3.8) is 0 Å². The van der Waals surface area contributed by atoms with Gasteiger partial charge in [-0.3, -0.25) is 0 Å². The molecule has 1 aliphatic carbocycles. The fraction of sp³-hybridized carbons (Fsp3) is 0.533. The second-order valence-electron chi connectivity index (χ2n) is 5.86. The Bertz CT molecular complexity index is 436. The Morgan fingerprint density at radius 2 is 2.00 bits per heavy atom. The zero-order chi connectivity index (χ0) is 13.2. The van der Waals surface area contributed by atoms with Crippen LogP contribution in [0.4, 0.5) is 0 Å². The maximum Gasteiger partial charge on any atom is 0.0852 e. The van der Waals surface area contributed by atoms with Gasteiger partial charge in [0.2, 0.25) is 0 Å². The van der Waals surface area contributed by atoms with Crippen LogP contribution in [0.15, 0.2) is 30.3 Å². The molecule has 18 heavy (non-hydrogen) atoms. The molecule has 0 aromatic heterocycles. The molecule has 2 N–H and O–H groups in total. The second-order valence-corrected chi connectivity index (χ2v) is 5.86. The first-order chi connectivity index (χ1) is 8.45. The third-order valence-corrected chi connectivity index (χ3v) is 3.55. The van der Waals surface area contributed by atoms with E-state index in [0.29, 0.717) is 12.6 Å². The zero-order valence-corrected chi connectivity index (χ0v) is 11.0. The summed E-state index contributed by atoms with van der Waals surface area (Å²) in [5.74, 6) is 0. The van der Waals surface area contributed by atoms with E-state index in [1.165, 1.54) is 0 Å². The van der Waals surface area contributed by atoms with E-state index < -0.39 is 5.60 Å². The molecule has 0 saturated heterocycles. The number of hydrogen-bond acceptors (Lipinski definition) is 3. The van der Waals surface area contributed by atoms with Crippen LogP contribution in [-0.2, 0) is 5.41 Å². The molecule has 3 nitrogen and oxygen atoms in total. The van der Waals surface area contributed by atoms with Crippen molar-refractivity contribution < 1.29 is 5.11 Å². The fourth-order valence-corrected chi connectivity index (χ4v) is 2.47. The topological polar surface area (TPSA) is 56.0 Å². The van der Waals surface area contributed by atoms with Crippen molar-refractivity contribution in [1.29, 1.82) is 5.26 Å². The van der Waals surface area contributed by atoms with E-state index >= 15 is 0 Å². The van der Waals surface area contributed by atoms with Gasteiger partial charge in [0.05, 0.1) is 17.1 Å². The van der Waals surface area contributed by atoms with Crippen LogP contribution in [0.1, 0.15) is 32.3 Å². The smallest absolute Gasteiger partial charge is 0.0852 e. The average Bonchev–Trinajstić information content (AvgIpc) is 2.28. The minimum atomic E-state index is -0.697. The summed E-state index contributed by atoms with van der Waals surface area (Å²) >= 11 is 0. The molecule has 0 unspecified atom stereocenters. The van der Waals surface area contributed by atoms with Crippen LogP contribution in [0.2, 0.25) is 0 Å². The summed E-state index contributed by atoms with van der Waals surface area (Å²) in [7, 11) is 0. The summed E-state index contributed by atoms with van der Waals surface area (Å²) in [5.41, 5.74) is 0.0738. The van der Waals surface area contributed by atoms with Crippen LogP contribution in [0.3, 0.4) is 0 Å². The SMILES string of the molecule is CC(C)(O)CNC1CC(C#N)(c2ccccc2)C1. The van der Waals surface area contributed by atoms with Crippen molar-refractivity contribution in [2.45, 2.75) is 43.7 Å². The Kier molecular flexibility index (Phi) is 3.43. The molecule has 2 rings (SSSR count). The number of hydrogen-bond donors (Lipinski definition) is 2. The standard InChI is InChI=1S/C15H20N2O/c1-14(2,18)11-17-13-8-15(9-13,10-16)12-6-4-3-5-7-12/h3-7,13,17-18H,8-9,11H2,1-2H3. The van der Waals surface area contributed by atoms with Gasteiger partial charge in [-0.25, -0.2) is 0 Å². The van der Waals surface area contributed by atoms with Crippen molar-refractivity contribution >= 4 is 0 Å². The van der Waals surface area contributed by atoms with E-state index in [4.69, 9.17) is 0 Å². The molecule has 0 spiro atoms. The van der Waals surface area contributed by atoms with E-state index in [0.717, 1.165) is 18.4 Å². The number of rotatable bonds is 4. The summed E-state index contributed by atoms with van der Waals surface area (Å²) in [6.45, 7) is 4.13. The largest absolute Gasteiger partial charge is 0.389 e. The number of nitrogens with one attached hydrogen (secondary N) is 1. The number of nitriles is 1. The molecule has 0 aliphatic heterocycles. The summed E-state index contributed by atoms with van der Waals surface area (Å²) < 4.78 is 0. The normalized spacial score (nSPS) is 27.3. The molecule has 3 heteroatoms. The van der Waals surface area contributed by atoms with Gasteiger partial charge in [0.1, 0.15) is 0 Å².